The van der Waals surface area contributed by atoms with Crippen molar-refractivity contribution in [2.24, 2.45) is 0 Å². The molecule has 0 saturated carbocycles. The SMILES string of the molecule is COc1cc(C)c(CN2CCN3C(=O)CNC(=O)C3C2)cc1C(C)C. The van der Waals surface area contributed by atoms with Gasteiger partial charge in [-0.3, -0.25) is 14.5 Å². The van der Waals surface area contributed by atoms with Crippen LogP contribution in [0.5, 0.6) is 5.75 Å². The maximum atomic E-state index is 12.1. The van der Waals surface area contributed by atoms with E-state index >= 15 is 0 Å². The van der Waals surface area contributed by atoms with Crippen molar-refractivity contribution in [3.05, 3.63) is 28.8 Å². The van der Waals surface area contributed by atoms with Crippen molar-refractivity contribution in [2.75, 3.05) is 33.3 Å². The zero-order chi connectivity index (χ0) is 18.1. The summed E-state index contributed by atoms with van der Waals surface area (Å²) >= 11 is 0. The fraction of sp³-hybridized carbons (Fsp3) is 0.579. The third kappa shape index (κ3) is 3.49. The van der Waals surface area contributed by atoms with Crippen molar-refractivity contribution >= 4 is 11.8 Å². The van der Waals surface area contributed by atoms with Crippen molar-refractivity contribution in [1.29, 1.82) is 0 Å². The lowest BCUT2D eigenvalue weighted by molar-refractivity contribution is -0.149. The largest absolute Gasteiger partial charge is 0.496 e. The van der Waals surface area contributed by atoms with E-state index in [0.29, 0.717) is 19.0 Å². The van der Waals surface area contributed by atoms with Crippen molar-refractivity contribution in [3.63, 3.8) is 0 Å². The molecular formula is C19H27N3O3. The highest BCUT2D eigenvalue weighted by atomic mass is 16.5. The minimum Gasteiger partial charge on any atom is -0.496 e. The number of nitrogens with zero attached hydrogens (tertiary/aromatic N) is 2. The van der Waals surface area contributed by atoms with Gasteiger partial charge in [-0.25, -0.2) is 0 Å². The van der Waals surface area contributed by atoms with E-state index in [4.69, 9.17) is 4.74 Å². The van der Waals surface area contributed by atoms with Crippen LogP contribution in [0, 0.1) is 6.92 Å². The van der Waals surface area contributed by atoms with Crippen LogP contribution in [0.3, 0.4) is 0 Å². The van der Waals surface area contributed by atoms with E-state index in [9.17, 15) is 9.59 Å². The summed E-state index contributed by atoms with van der Waals surface area (Å²) in [7, 11) is 1.71. The summed E-state index contributed by atoms with van der Waals surface area (Å²) < 4.78 is 5.52. The molecule has 2 aliphatic heterocycles. The van der Waals surface area contributed by atoms with Gasteiger partial charge in [0, 0.05) is 26.2 Å². The quantitative estimate of drug-likeness (QED) is 0.893. The van der Waals surface area contributed by atoms with E-state index in [-0.39, 0.29) is 24.4 Å². The number of carbonyl (C=O) groups excluding carboxylic acids is 2. The van der Waals surface area contributed by atoms with Gasteiger partial charge in [0.1, 0.15) is 11.8 Å². The summed E-state index contributed by atoms with van der Waals surface area (Å²) in [6.45, 7) is 9.31. The smallest absolute Gasteiger partial charge is 0.244 e. The van der Waals surface area contributed by atoms with Crippen LogP contribution in [0.15, 0.2) is 12.1 Å². The van der Waals surface area contributed by atoms with E-state index in [1.807, 2.05) is 0 Å². The molecule has 0 aliphatic carbocycles. The molecule has 25 heavy (non-hydrogen) atoms. The predicted octanol–water partition coefficient (Wildman–Crippen LogP) is 1.27. The van der Waals surface area contributed by atoms with E-state index in [0.717, 1.165) is 18.8 Å². The summed E-state index contributed by atoms with van der Waals surface area (Å²) in [5.41, 5.74) is 3.64. The van der Waals surface area contributed by atoms with Crippen LogP contribution in [0.2, 0.25) is 0 Å². The van der Waals surface area contributed by atoms with Gasteiger partial charge in [0.05, 0.1) is 13.7 Å². The maximum Gasteiger partial charge on any atom is 0.244 e. The van der Waals surface area contributed by atoms with E-state index in [1.165, 1.54) is 16.7 Å². The molecule has 1 aromatic carbocycles. The van der Waals surface area contributed by atoms with Gasteiger partial charge >= 0.3 is 0 Å². The molecule has 2 fully saturated rings. The molecule has 0 bridgehead atoms. The van der Waals surface area contributed by atoms with Crippen LogP contribution < -0.4 is 10.1 Å². The van der Waals surface area contributed by atoms with Gasteiger partial charge < -0.3 is 15.0 Å². The maximum absolute atomic E-state index is 12.1. The Morgan fingerprint density at radius 2 is 2.04 bits per heavy atom. The van der Waals surface area contributed by atoms with Crippen molar-refractivity contribution in [2.45, 2.75) is 39.3 Å². The zero-order valence-electron chi connectivity index (χ0n) is 15.5. The van der Waals surface area contributed by atoms with Gasteiger partial charge in [-0.15, -0.1) is 0 Å². The normalized spacial score (nSPS) is 21.3. The van der Waals surface area contributed by atoms with Crippen LogP contribution in [-0.4, -0.2) is 60.9 Å². The number of fused-ring (bicyclic) bond motifs is 1. The molecule has 136 valence electrons. The molecule has 1 N–H and O–H groups in total. The number of methoxy groups -OCH3 is 1. The summed E-state index contributed by atoms with van der Waals surface area (Å²) in [4.78, 5) is 28.1. The second-order valence-corrected chi connectivity index (χ2v) is 7.23. The molecule has 6 heteroatoms. The van der Waals surface area contributed by atoms with Crippen molar-refractivity contribution in [1.82, 2.24) is 15.1 Å². The first-order chi connectivity index (χ1) is 11.9. The van der Waals surface area contributed by atoms with E-state index < -0.39 is 0 Å². The third-order valence-electron chi connectivity index (χ3n) is 5.21. The Hall–Kier alpha value is -2.08. The summed E-state index contributed by atoms with van der Waals surface area (Å²) in [5, 5.41) is 2.69. The average Bonchev–Trinajstić information content (AvgIpc) is 2.59. The molecular weight excluding hydrogens is 318 g/mol. The molecule has 3 rings (SSSR count). The van der Waals surface area contributed by atoms with E-state index in [1.54, 1.807) is 12.0 Å². The van der Waals surface area contributed by atoms with Crippen LogP contribution >= 0.6 is 0 Å². The summed E-state index contributed by atoms with van der Waals surface area (Å²) in [6.07, 6.45) is 0. The summed E-state index contributed by atoms with van der Waals surface area (Å²) in [5.74, 6) is 1.29. The first-order valence-electron chi connectivity index (χ1n) is 8.87. The van der Waals surface area contributed by atoms with Gasteiger partial charge in [-0.05, 0) is 35.6 Å². The summed E-state index contributed by atoms with van der Waals surface area (Å²) in [6, 6.07) is 3.95. The number of rotatable bonds is 4. The Morgan fingerprint density at radius 1 is 1.28 bits per heavy atom. The molecule has 0 radical (unpaired) electrons. The molecule has 1 atom stereocenters. The Kier molecular flexibility index (Phi) is 4.99. The lowest BCUT2D eigenvalue weighted by atomic mass is 9.96. The molecule has 2 heterocycles. The standard InChI is InChI=1S/C19H27N3O3/c1-12(2)15-8-14(13(3)7-17(15)25-4)10-21-5-6-22-16(11-21)19(24)20-9-18(22)23/h7-8,12,16H,5-6,9-11H2,1-4H3,(H,20,24). The number of carbonyl (C=O) groups is 2. The Labute approximate surface area is 149 Å². The molecule has 1 unspecified atom stereocenters. The van der Waals surface area contributed by atoms with Gasteiger partial charge in [-0.2, -0.15) is 0 Å². The average molecular weight is 345 g/mol. The van der Waals surface area contributed by atoms with Crippen LogP contribution in [0.4, 0.5) is 0 Å². The number of aryl methyl sites for hydroxylation is 1. The fourth-order valence-electron chi connectivity index (χ4n) is 3.67. The first kappa shape index (κ1) is 17.7. The Morgan fingerprint density at radius 3 is 2.72 bits per heavy atom. The number of amides is 2. The van der Waals surface area contributed by atoms with Gasteiger partial charge in [0.15, 0.2) is 0 Å². The molecule has 2 aliphatic rings. The highest BCUT2D eigenvalue weighted by Gasteiger charge is 2.38. The minimum absolute atomic E-state index is 0.0203. The highest BCUT2D eigenvalue weighted by molar-refractivity contribution is 5.95. The second-order valence-electron chi connectivity index (χ2n) is 7.23. The van der Waals surface area contributed by atoms with Gasteiger partial charge in [-0.1, -0.05) is 19.9 Å². The number of nitrogens with one attached hydrogen (secondary N) is 1. The first-order valence-corrected chi connectivity index (χ1v) is 8.87. The predicted molar refractivity (Wildman–Crippen MR) is 95.6 cm³/mol. The lowest BCUT2D eigenvalue weighted by Crippen LogP contribution is -2.65. The third-order valence-corrected chi connectivity index (χ3v) is 5.21. The molecule has 0 aromatic heterocycles. The topological polar surface area (TPSA) is 61.9 Å². The fourth-order valence-corrected chi connectivity index (χ4v) is 3.67. The highest BCUT2D eigenvalue weighted by Crippen LogP contribution is 2.30. The van der Waals surface area contributed by atoms with Gasteiger partial charge in [0.25, 0.3) is 0 Å². The number of hydrogen-bond acceptors (Lipinski definition) is 4. The molecule has 1 aromatic rings. The Balaban J connectivity index is 1.78. The number of benzene rings is 1. The lowest BCUT2D eigenvalue weighted by Gasteiger charge is -2.43. The number of hydrogen-bond donors (Lipinski definition) is 1. The molecule has 0 spiro atoms. The number of piperazine rings is 2. The van der Waals surface area contributed by atoms with Gasteiger partial charge in [0.2, 0.25) is 11.8 Å². The van der Waals surface area contributed by atoms with Crippen LogP contribution in [-0.2, 0) is 16.1 Å². The van der Waals surface area contributed by atoms with Crippen molar-refractivity contribution in [3.8, 4) is 5.75 Å². The minimum atomic E-state index is -0.363. The monoisotopic (exact) mass is 345 g/mol. The molecule has 2 amide bonds. The van der Waals surface area contributed by atoms with Crippen molar-refractivity contribution < 1.29 is 14.3 Å². The van der Waals surface area contributed by atoms with Crippen LogP contribution in [0.25, 0.3) is 0 Å². The molecule has 2 saturated heterocycles. The molecule has 6 nitrogen and oxygen atoms in total. The van der Waals surface area contributed by atoms with E-state index in [2.05, 4.69) is 43.1 Å². The second kappa shape index (κ2) is 7.04. The Bertz CT molecular complexity index is 687. The zero-order valence-corrected chi connectivity index (χ0v) is 15.5. The number of ether oxygens (including phenoxy) is 1. The van der Waals surface area contributed by atoms with Crippen LogP contribution in [0.1, 0.15) is 36.5 Å².